The van der Waals surface area contributed by atoms with Crippen molar-refractivity contribution in [1.29, 1.82) is 0 Å². The molecule has 1 aromatic heterocycles. The molecule has 2 N–H and O–H groups in total. The van der Waals surface area contributed by atoms with Crippen LogP contribution >= 0.6 is 11.6 Å². The van der Waals surface area contributed by atoms with Crippen LogP contribution in [0, 0.1) is 13.8 Å². The van der Waals surface area contributed by atoms with Crippen LogP contribution in [0.1, 0.15) is 48.1 Å². The van der Waals surface area contributed by atoms with Crippen LogP contribution in [0.2, 0.25) is 5.02 Å². The van der Waals surface area contributed by atoms with Crippen LogP contribution in [0.5, 0.6) is 0 Å². The van der Waals surface area contributed by atoms with E-state index in [1.54, 1.807) is 16.8 Å². The fourth-order valence-electron chi connectivity index (χ4n) is 2.04. The Balaban J connectivity index is 0.000000293. The summed E-state index contributed by atoms with van der Waals surface area (Å²) in [5.74, 6) is -0.326. The van der Waals surface area contributed by atoms with E-state index in [9.17, 15) is 9.59 Å². The lowest BCUT2D eigenvalue weighted by molar-refractivity contribution is -0.110. The van der Waals surface area contributed by atoms with Crippen LogP contribution in [-0.2, 0) is 17.3 Å². The first kappa shape index (κ1) is 20.7. The molecule has 0 aliphatic heterocycles. The van der Waals surface area contributed by atoms with Crippen LogP contribution in [0.25, 0.3) is 0 Å². The molecule has 0 saturated carbocycles. The molecule has 7 heteroatoms. The lowest BCUT2D eigenvalue weighted by Gasteiger charge is -2.18. The summed E-state index contributed by atoms with van der Waals surface area (Å²) in [5.41, 5.74) is 8.02. The summed E-state index contributed by atoms with van der Waals surface area (Å²) in [6.45, 7) is 10.2. The summed E-state index contributed by atoms with van der Waals surface area (Å²) in [6.07, 6.45) is 0.418. The van der Waals surface area contributed by atoms with Crippen LogP contribution in [0.3, 0.4) is 0 Å². The van der Waals surface area contributed by atoms with E-state index in [2.05, 4.69) is 36.7 Å². The molecule has 2 aromatic rings. The van der Waals surface area contributed by atoms with Crippen molar-refractivity contribution < 1.29 is 9.59 Å². The zero-order valence-electron chi connectivity index (χ0n) is 15.5. The molecule has 0 aliphatic carbocycles. The molecule has 0 atom stereocenters. The Morgan fingerprint density at radius 1 is 1.20 bits per heavy atom. The summed E-state index contributed by atoms with van der Waals surface area (Å²) < 4.78 is 1.78. The standard InChI is InChI=1S/C12H16N2O2.C6H9ClN2/c1-12(2,3)10-6-4-9(5-7-10)11(16)14-13-8-15;1-4-6(7)5(2)9(3)8-4/h4-8H,1-3H3,(H,13,15)(H,14,16);1-3H3. The topological polar surface area (TPSA) is 76.0 Å². The SMILES string of the molecule is CC(C)(C)c1ccc(C(=O)NNC=O)cc1.Cc1nn(C)c(C)c1Cl. The van der Waals surface area contributed by atoms with E-state index >= 15 is 0 Å². The molecule has 25 heavy (non-hydrogen) atoms. The molecule has 0 radical (unpaired) electrons. The number of halogens is 1. The monoisotopic (exact) mass is 364 g/mol. The highest BCUT2D eigenvalue weighted by atomic mass is 35.5. The maximum atomic E-state index is 11.4. The predicted octanol–water partition coefficient (Wildman–Crippen LogP) is 3.07. The van der Waals surface area contributed by atoms with Gasteiger partial charge in [0.05, 0.1) is 16.4 Å². The third-order valence-electron chi connectivity index (χ3n) is 3.68. The van der Waals surface area contributed by atoms with Crippen LogP contribution in [0.4, 0.5) is 0 Å². The lowest BCUT2D eigenvalue weighted by Crippen LogP contribution is -2.36. The second kappa shape index (κ2) is 8.67. The minimum absolute atomic E-state index is 0.0655. The van der Waals surface area contributed by atoms with E-state index in [-0.39, 0.29) is 11.3 Å². The molecule has 0 saturated heterocycles. The van der Waals surface area contributed by atoms with Gasteiger partial charge < -0.3 is 0 Å². The van der Waals surface area contributed by atoms with Crippen molar-refractivity contribution in [2.45, 2.75) is 40.0 Å². The average molecular weight is 365 g/mol. The van der Waals surface area contributed by atoms with Crippen molar-refractivity contribution in [2.24, 2.45) is 7.05 Å². The fourth-order valence-corrected chi connectivity index (χ4v) is 2.20. The lowest BCUT2D eigenvalue weighted by atomic mass is 9.87. The Morgan fingerprint density at radius 2 is 1.76 bits per heavy atom. The van der Waals surface area contributed by atoms with Gasteiger partial charge in [0, 0.05) is 12.6 Å². The summed E-state index contributed by atoms with van der Waals surface area (Å²) >= 11 is 5.82. The maximum absolute atomic E-state index is 11.4. The summed E-state index contributed by atoms with van der Waals surface area (Å²) in [7, 11) is 1.88. The molecular formula is C18H25ClN4O2. The Morgan fingerprint density at radius 3 is 2.08 bits per heavy atom. The first-order chi connectivity index (χ1) is 11.6. The number of benzene rings is 1. The molecule has 1 heterocycles. The van der Waals surface area contributed by atoms with Crippen molar-refractivity contribution in [1.82, 2.24) is 20.6 Å². The second-order valence-electron chi connectivity index (χ2n) is 6.65. The number of rotatable bonds is 3. The molecule has 0 fully saturated rings. The Kier molecular flexibility index (Phi) is 7.18. The van der Waals surface area contributed by atoms with Gasteiger partial charge in [-0.2, -0.15) is 5.10 Å². The van der Waals surface area contributed by atoms with Crippen LogP contribution in [0.15, 0.2) is 24.3 Å². The van der Waals surface area contributed by atoms with E-state index in [1.807, 2.05) is 33.0 Å². The number of aromatic nitrogens is 2. The van der Waals surface area contributed by atoms with Crippen LogP contribution < -0.4 is 10.9 Å². The molecule has 2 rings (SSSR count). The number of hydrogen-bond donors (Lipinski definition) is 2. The molecule has 2 amide bonds. The van der Waals surface area contributed by atoms with Crippen LogP contribution in [-0.4, -0.2) is 22.1 Å². The van der Waals surface area contributed by atoms with E-state index < -0.39 is 0 Å². The van der Waals surface area contributed by atoms with Crippen molar-refractivity contribution in [3.05, 3.63) is 51.8 Å². The number of nitrogens with zero attached hydrogens (tertiary/aromatic N) is 2. The van der Waals surface area contributed by atoms with Crippen molar-refractivity contribution >= 4 is 23.9 Å². The molecule has 136 valence electrons. The number of hydrazine groups is 1. The zero-order chi connectivity index (χ0) is 19.2. The molecule has 6 nitrogen and oxygen atoms in total. The predicted molar refractivity (Wildman–Crippen MR) is 99.5 cm³/mol. The smallest absolute Gasteiger partial charge is 0.269 e. The van der Waals surface area contributed by atoms with Gasteiger partial charge in [0.25, 0.3) is 5.91 Å². The fraction of sp³-hybridized carbons (Fsp3) is 0.389. The summed E-state index contributed by atoms with van der Waals surface area (Å²) in [6, 6.07) is 7.30. The molecule has 1 aromatic carbocycles. The van der Waals surface area contributed by atoms with Gasteiger partial charge in [-0.15, -0.1) is 0 Å². The van der Waals surface area contributed by atoms with Crippen molar-refractivity contribution in [3.8, 4) is 0 Å². The van der Waals surface area contributed by atoms with E-state index in [1.165, 1.54) is 0 Å². The molecule has 0 spiro atoms. The second-order valence-corrected chi connectivity index (χ2v) is 7.03. The molecule has 0 aliphatic rings. The Labute approximate surface area is 153 Å². The maximum Gasteiger partial charge on any atom is 0.269 e. The summed E-state index contributed by atoms with van der Waals surface area (Å²) in [4.78, 5) is 21.4. The van der Waals surface area contributed by atoms with Gasteiger partial charge in [0.1, 0.15) is 0 Å². The number of nitrogens with one attached hydrogen (secondary N) is 2. The minimum atomic E-state index is -0.326. The minimum Gasteiger partial charge on any atom is -0.277 e. The average Bonchev–Trinajstić information content (AvgIpc) is 2.78. The highest BCUT2D eigenvalue weighted by Crippen LogP contribution is 2.22. The van der Waals surface area contributed by atoms with Gasteiger partial charge in [-0.25, -0.2) is 0 Å². The highest BCUT2D eigenvalue weighted by Gasteiger charge is 2.14. The summed E-state index contributed by atoms with van der Waals surface area (Å²) in [5, 5.41) is 4.87. The number of hydrogen-bond acceptors (Lipinski definition) is 3. The quantitative estimate of drug-likeness (QED) is 0.649. The van der Waals surface area contributed by atoms with Gasteiger partial charge >= 0.3 is 0 Å². The van der Waals surface area contributed by atoms with Gasteiger partial charge in [-0.3, -0.25) is 25.1 Å². The normalized spacial score (nSPS) is 10.5. The highest BCUT2D eigenvalue weighted by molar-refractivity contribution is 6.31. The van der Waals surface area contributed by atoms with Gasteiger partial charge in [-0.1, -0.05) is 44.5 Å². The number of aryl methyl sites for hydroxylation is 2. The van der Waals surface area contributed by atoms with E-state index in [4.69, 9.17) is 11.6 Å². The first-order valence-electron chi connectivity index (χ1n) is 7.83. The van der Waals surface area contributed by atoms with Crippen molar-refractivity contribution in [2.75, 3.05) is 0 Å². The zero-order valence-corrected chi connectivity index (χ0v) is 16.2. The Hall–Kier alpha value is -2.34. The van der Waals surface area contributed by atoms with E-state index in [0.717, 1.165) is 22.0 Å². The number of carbonyl (C=O) groups excluding carboxylic acids is 2. The largest absolute Gasteiger partial charge is 0.277 e. The molecular weight excluding hydrogens is 340 g/mol. The first-order valence-corrected chi connectivity index (χ1v) is 8.21. The number of carbonyl (C=O) groups is 2. The van der Waals surface area contributed by atoms with Crippen molar-refractivity contribution in [3.63, 3.8) is 0 Å². The van der Waals surface area contributed by atoms with Gasteiger partial charge in [0.15, 0.2) is 0 Å². The van der Waals surface area contributed by atoms with E-state index in [0.29, 0.717) is 12.0 Å². The Bertz CT molecular complexity index is 708. The van der Waals surface area contributed by atoms with Gasteiger partial charge in [0.2, 0.25) is 6.41 Å². The molecule has 0 unspecified atom stereocenters. The number of amides is 2. The van der Waals surface area contributed by atoms with Gasteiger partial charge in [-0.05, 0) is 37.0 Å². The molecule has 0 bridgehead atoms. The third-order valence-corrected chi connectivity index (χ3v) is 4.23. The third kappa shape index (κ3) is 5.90.